The molecule has 5 nitrogen and oxygen atoms in total. The third kappa shape index (κ3) is 12.2. The maximum absolute atomic E-state index is 12.5. The molecule has 1 atom stereocenters. The first-order chi connectivity index (χ1) is 13.5. The molecule has 0 bridgehead atoms. The molecule has 0 aromatic heterocycles. The molecule has 29 heavy (non-hydrogen) atoms. The fourth-order valence-electron chi connectivity index (χ4n) is 3.92. The standard InChI is InChI=1S/C20H37F3N4O.HI/c1-2-24-19(26-17-11-13-27(15-17)16-20(21,22)23)25-12-7-4-8-14-28-18-9-5-3-6-10-18;/h17-18H,2-16H2,1H3,(H2,24,25,26);1H. The van der Waals surface area contributed by atoms with Gasteiger partial charge in [0.2, 0.25) is 0 Å². The number of nitrogens with zero attached hydrogens (tertiary/aromatic N) is 2. The summed E-state index contributed by atoms with van der Waals surface area (Å²) in [5.74, 6) is 0.708. The average molecular weight is 534 g/mol. The van der Waals surface area contributed by atoms with Gasteiger partial charge in [0.25, 0.3) is 0 Å². The summed E-state index contributed by atoms with van der Waals surface area (Å²) in [6, 6.07) is 0.0176. The van der Waals surface area contributed by atoms with Crippen molar-refractivity contribution in [1.82, 2.24) is 15.5 Å². The number of hydrogen-bond donors (Lipinski definition) is 2. The second-order valence-corrected chi connectivity index (χ2v) is 7.93. The van der Waals surface area contributed by atoms with Gasteiger partial charge in [0.1, 0.15) is 0 Å². The Hall–Kier alpha value is -0.290. The van der Waals surface area contributed by atoms with Gasteiger partial charge in [-0.3, -0.25) is 9.89 Å². The fourth-order valence-corrected chi connectivity index (χ4v) is 3.92. The smallest absolute Gasteiger partial charge is 0.378 e. The van der Waals surface area contributed by atoms with Gasteiger partial charge in [-0.15, -0.1) is 24.0 Å². The van der Waals surface area contributed by atoms with Crippen molar-refractivity contribution in [3.63, 3.8) is 0 Å². The predicted molar refractivity (Wildman–Crippen MR) is 122 cm³/mol. The Balaban J connectivity index is 0.00000420. The topological polar surface area (TPSA) is 48.9 Å². The van der Waals surface area contributed by atoms with Crippen LogP contribution < -0.4 is 10.6 Å². The van der Waals surface area contributed by atoms with Gasteiger partial charge in [0.05, 0.1) is 12.6 Å². The number of guanidine groups is 1. The quantitative estimate of drug-likeness (QED) is 0.190. The van der Waals surface area contributed by atoms with Gasteiger partial charge in [-0.05, 0) is 45.4 Å². The van der Waals surface area contributed by atoms with Crippen molar-refractivity contribution in [1.29, 1.82) is 0 Å². The van der Waals surface area contributed by atoms with E-state index in [1.54, 1.807) is 0 Å². The molecule has 1 saturated carbocycles. The minimum absolute atomic E-state index is 0. The lowest BCUT2D eigenvalue weighted by Crippen LogP contribution is -2.45. The SMILES string of the molecule is CCNC(=NCCCCCOC1CCCCC1)NC1CCN(CC(F)(F)F)C1.I. The monoisotopic (exact) mass is 534 g/mol. The molecule has 2 rings (SSSR count). The average Bonchev–Trinajstić information content (AvgIpc) is 3.06. The molecular weight excluding hydrogens is 496 g/mol. The molecule has 1 heterocycles. The van der Waals surface area contributed by atoms with Crippen LogP contribution in [0.25, 0.3) is 0 Å². The number of likely N-dealkylation sites (tertiary alicyclic amines) is 1. The van der Waals surface area contributed by atoms with Crippen LogP contribution >= 0.6 is 24.0 Å². The Morgan fingerprint density at radius 3 is 2.55 bits per heavy atom. The lowest BCUT2D eigenvalue weighted by molar-refractivity contribution is -0.143. The Morgan fingerprint density at radius 2 is 1.86 bits per heavy atom. The van der Waals surface area contributed by atoms with Crippen LogP contribution in [-0.2, 0) is 4.74 Å². The molecule has 0 radical (unpaired) electrons. The number of nitrogens with one attached hydrogen (secondary N) is 2. The molecule has 0 spiro atoms. The molecule has 1 unspecified atom stereocenters. The molecule has 2 aliphatic rings. The van der Waals surface area contributed by atoms with Crippen LogP contribution in [0.5, 0.6) is 0 Å². The van der Waals surface area contributed by atoms with Crippen molar-refractivity contribution in [3.05, 3.63) is 0 Å². The van der Waals surface area contributed by atoms with E-state index in [0.29, 0.717) is 31.6 Å². The number of alkyl halides is 3. The summed E-state index contributed by atoms with van der Waals surface area (Å²) in [6.07, 6.45) is 6.56. The van der Waals surface area contributed by atoms with E-state index >= 15 is 0 Å². The molecule has 2 fully saturated rings. The highest BCUT2D eigenvalue weighted by molar-refractivity contribution is 14.0. The Kier molecular flexibility index (Phi) is 13.5. The van der Waals surface area contributed by atoms with Gasteiger partial charge in [0.15, 0.2) is 5.96 Å². The zero-order chi connectivity index (χ0) is 20.2. The zero-order valence-electron chi connectivity index (χ0n) is 17.6. The number of unbranched alkanes of at least 4 members (excludes halogenated alkanes) is 2. The van der Waals surface area contributed by atoms with Crippen molar-refractivity contribution in [3.8, 4) is 0 Å². The lowest BCUT2D eigenvalue weighted by Gasteiger charge is -2.21. The normalized spacial score (nSPS) is 21.8. The molecule has 1 aliphatic heterocycles. The molecule has 1 saturated heterocycles. The summed E-state index contributed by atoms with van der Waals surface area (Å²) in [5.41, 5.74) is 0. The number of aliphatic imine (C=N–C) groups is 1. The Bertz CT molecular complexity index is 459. The van der Waals surface area contributed by atoms with Crippen LogP contribution in [0.3, 0.4) is 0 Å². The summed E-state index contributed by atoms with van der Waals surface area (Å²) in [7, 11) is 0. The molecular formula is C20H38F3IN4O. The first kappa shape index (κ1) is 26.7. The van der Waals surface area contributed by atoms with E-state index in [1.165, 1.54) is 37.0 Å². The van der Waals surface area contributed by atoms with Gasteiger partial charge in [-0.1, -0.05) is 19.3 Å². The van der Waals surface area contributed by atoms with E-state index in [2.05, 4.69) is 15.6 Å². The third-order valence-electron chi connectivity index (χ3n) is 5.34. The molecule has 1 aliphatic carbocycles. The Morgan fingerprint density at radius 1 is 1.10 bits per heavy atom. The fraction of sp³-hybridized carbons (Fsp3) is 0.950. The highest BCUT2D eigenvalue weighted by Crippen LogP contribution is 2.21. The van der Waals surface area contributed by atoms with Crippen molar-refractivity contribution >= 4 is 29.9 Å². The van der Waals surface area contributed by atoms with Gasteiger partial charge in [0, 0.05) is 38.8 Å². The largest absolute Gasteiger partial charge is 0.401 e. The molecule has 0 aromatic rings. The third-order valence-corrected chi connectivity index (χ3v) is 5.34. The van der Waals surface area contributed by atoms with E-state index < -0.39 is 12.7 Å². The second-order valence-electron chi connectivity index (χ2n) is 7.93. The van der Waals surface area contributed by atoms with E-state index in [0.717, 1.165) is 39.0 Å². The van der Waals surface area contributed by atoms with Gasteiger partial charge >= 0.3 is 6.18 Å². The highest BCUT2D eigenvalue weighted by atomic mass is 127. The van der Waals surface area contributed by atoms with Crippen molar-refractivity contribution in [2.75, 3.05) is 39.3 Å². The van der Waals surface area contributed by atoms with E-state index in [4.69, 9.17) is 4.74 Å². The van der Waals surface area contributed by atoms with Crippen LogP contribution in [0, 0.1) is 0 Å². The Labute approximate surface area is 190 Å². The summed E-state index contributed by atoms with van der Waals surface area (Å²) in [4.78, 5) is 6.03. The van der Waals surface area contributed by atoms with Gasteiger partial charge in [-0.25, -0.2) is 0 Å². The number of halogens is 4. The van der Waals surface area contributed by atoms with Gasteiger partial charge in [-0.2, -0.15) is 13.2 Å². The molecule has 2 N–H and O–H groups in total. The maximum Gasteiger partial charge on any atom is 0.401 e. The summed E-state index contributed by atoms with van der Waals surface area (Å²) in [6.45, 7) is 4.33. The van der Waals surface area contributed by atoms with E-state index in [9.17, 15) is 13.2 Å². The summed E-state index contributed by atoms with van der Waals surface area (Å²) >= 11 is 0. The molecule has 0 aromatic carbocycles. The van der Waals surface area contributed by atoms with Crippen LogP contribution in [-0.4, -0.2) is 68.5 Å². The van der Waals surface area contributed by atoms with Crippen LogP contribution in [0.2, 0.25) is 0 Å². The lowest BCUT2D eigenvalue weighted by atomic mass is 9.98. The second kappa shape index (κ2) is 14.7. The van der Waals surface area contributed by atoms with Crippen LogP contribution in [0.1, 0.15) is 64.7 Å². The highest BCUT2D eigenvalue weighted by Gasteiger charge is 2.34. The van der Waals surface area contributed by atoms with Crippen molar-refractivity contribution in [2.45, 2.75) is 83.0 Å². The van der Waals surface area contributed by atoms with E-state index in [-0.39, 0.29) is 30.0 Å². The number of hydrogen-bond acceptors (Lipinski definition) is 3. The molecule has 0 amide bonds. The summed E-state index contributed by atoms with van der Waals surface area (Å²) in [5, 5.41) is 6.47. The van der Waals surface area contributed by atoms with Crippen molar-refractivity contribution in [2.24, 2.45) is 4.99 Å². The van der Waals surface area contributed by atoms with E-state index in [1.807, 2.05) is 6.92 Å². The molecule has 9 heteroatoms. The summed E-state index contributed by atoms with van der Waals surface area (Å²) < 4.78 is 43.5. The van der Waals surface area contributed by atoms with Gasteiger partial charge < -0.3 is 15.4 Å². The number of ether oxygens (including phenoxy) is 1. The molecule has 172 valence electrons. The zero-order valence-corrected chi connectivity index (χ0v) is 19.9. The first-order valence-electron chi connectivity index (χ1n) is 10.9. The minimum Gasteiger partial charge on any atom is -0.378 e. The first-order valence-corrected chi connectivity index (χ1v) is 10.9. The maximum atomic E-state index is 12.5. The van der Waals surface area contributed by atoms with Crippen molar-refractivity contribution < 1.29 is 17.9 Å². The number of rotatable bonds is 10. The predicted octanol–water partition coefficient (Wildman–Crippen LogP) is 4.32. The van der Waals surface area contributed by atoms with Crippen LogP contribution in [0.15, 0.2) is 4.99 Å². The minimum atomic E-state index is -4.13. The van der Waals surface area contributed by atoms with Crippen LogP contribution in [0.4, 0.5) is 13.2 Å².